The molecule has 0 spiro atoms. The van der Waals surface area contributed by atoms with Crippen LogP contribution in [-0.2, 0) is 0 Å². The average molecular weight is 335 g/mol. The quantitative estimate of drug-likeness (QED) is 0.655. The number of nitrogens with zero attached hydrogens (tertiary/aromatic N) is 3. The first-order chi connectivity index (χ1) is 12.0. The maximum atomic E-state index is 13.1. The van der Waals surface area contributed by atoms with Gasteiger partial charge in [-0.15, -0.1) is 0 Å². The number of rotatable bonds is 5. The van der Waals surface area contributed by atoms with E-state index in [1.54, 1.807) is 4.90 Å². The first-order valence-corrected chi connectivity index (χ1v) is 8.27. The lowest BCUT2D eigenvalue weighted by Gasteiger charge is -2.21. The Morgan fingerprint density at radius 2 is 2.00 bits per heavy atom. The maximum Gasteiger partial charge on any atom is 0.259 e. The third kappa shape index (κ3) is 3.31. The molecule has 5 heteroatoms. The average Bonchev–Trinajstić information content (AvgIpc) is 3.00. The Balaban J connectivity index is 2.16. The summed E-state index contributed by atoms with van der Waals surface area (Å²) < 4.78 is 5.35. The van der Waals surface area contributed by atoms with Gasteiger partial charge in [-0.2, -0.15) is 0 Å². The van der Waals surface area contributed by atoms with Crippen LogP contribution < -0.4 is 0 Å². The summed E-state index contributed by atoms with van der Waals surface area (Å²) in [5.74, 6) is -0.0682. The molecule has 0 radical (unpaired) electrons. The second-order valence-electron chi connectivity index (χ2n) is 6.15. The lowest BCUT2D eigenvalue weighted by atomic mass is 10.0. The van der Waals surface area contributed by atoms with Gasteiger partial charge < -0.3 is 9.42 Å². The fraction of sp³-hybridized carbons (Fsp3) is 0.250. The zero-order chi connectivity index (χ0) is 18.0. The lowest BCUT2D eigenvalue weighted by Crippen LogP contribution is -2.32. The fourth-order valence-corrected chi connectivity index (χ4v) is 2.84. The standard InChI is InChI=1S/C20H21N3O2/c1-5-23(12-13(2)3)20(24)16-11-17(15-9-7-6-8-10-15)21-19-18(16)14(4)22-25-19/h6-11H,2,5,12H2,1,3-4H3. The summed E-state index contributed by atoms with van der Waals surface area (Å²) in [5, 5.41) is 4.67. The first kappa shape index (κ1) is 16.9. The molecule has 0 aliphatic rings. The van der Waals surface area contributed by atoms with Crippen molar-refractivity contribution in [2.24, 2.45) is 0 Å². The molecule has 1 aromatic carbocycles. The van der Waals surface area contributed by atoms with E-state index in [1.807, 2.05) is 57.2 Å². The molecular weight excluding hydrogens is 314 g/mol. The summed E-state index contributed by atoms with van der Waals surface area (Å²) in [6.07, 6.45) is 0. The number of likely N-dealkylation sites (N-methyl/N-ethyl adjacent to an activating group) is 1. The van der Waals surface area contributed by atoms with Crippen molar-refractivity contribution in [3.05, 3.63) is 59.8 Å². The van der Waals surface area contributed by atoms with Crippen LogP contribution in [0.1, 0.15) is 29.9 Å². The van der Waals surface area contributed by atoms with Crippen LogP contribution in [0.4, 0.5) is 0 Å². The molecule has 0 unspecified atom stereocenters. The predicted octanol–water partition coefficient (Wildman–Crippen LogP) is 4.24. The van der Waals surface area contributed by atoms with Crippen LogP contribution in [-0.4, -0.2) is 34.0 Å². The zero-order valence-electron chi connectivity index (χ0n) is 14.7. The minimum absolute atomic E-state index is 0.0682. The molecule has 3 aromatic rings. The van der Waals surface area contributed by atoms with Gasteiger partial charge in [0.1, 0.15) is 0 Å². The molecule has 0 aliphatic carbocycles. The van der Waals surface area contributed by atoms with Gasteiger partial charge in [0.15, 0.2) is 0 Å². The molecule has 0 aliphatic heterocycles. The molecule has 0 saturated heterocycles. The van der Waals surface area contributed by atoms with Crippen LogP contribution in [0, 0.1) is 6.92 Å². The van der Waals surface area contributed by atoms with Gasteiger partial charge in [0, 0.05) is 18.7 Å². The third-order valence-corrected chi connectivity index (χ3v) is 4.05. The summed E-state index contributed by atoms with van der Waals surface area (Å²) in [7, 11) is 0. The Morgan fingerprint density at radius 3 is 2.64 bits per heavy atom. The van der Waals surface area contributed by atoms with E-state index in [9.17, 15) is 4.79 Å². The number of pyridine rings is 1. The number of benzene rings is 1. The molecule has 128 valence electrons. The number of fused-ring (bicyclic) bond motifs is 1. The van der Waals surface area contributed by atoms with E-state index >= 15 is 0 Å². The highest BCUT2D eigenvalue weighted by molar-refractivity contribution is 6.07. The van der Waals surface area contributed by atoms with Gasteiger partial charge in [0.05, 0.1) is 22.3 Å². The molecule has 2 aromatic heterocycles. The van der Waals surface area contributed by atoms with E-state index in [4.69, 9.17) is 4.52 Å². The Morgan fingerprint density at radius 1 is 1.28 bits per heavy atom. The van der Waals surface area contributed by atoms with E-state index in [1.165, 1.54) is 0 Å². The van der Waals surface area contributed by atoms with Gasteiger partial charge in [-0.05, 0) is 26.8 Å². The Labute approximate surface area is 147 Å². The molecule has 0 atom stereocenters. The van der Waals surface area contributed by atoms with Crippen molar-refractivity contribution >= 4 is 17.0 Å². The van der Waals surface area contributed by atoms with Gasteiger partial charge in [-0.25, -0.2) is 4.98 Å². The highest BCUT2D eigenvalue weighted by Gasteiger charge is 2.22. The molecule has 2 heterocycles. The van der Waals surface area contributed by atoms with Gasteiger partial charge in [0.25, 0.3) is 11.6 Å². The molecule has 0 fully saturated rings. The van der Waals surface area contributed by atoms with Crippen molar-refractivity contribution < 1.29 is 9.32 Å². The third-order valence-electron chi connectivity index (χ3n) is 4.05. The van der Waals surface area contributed by atoms with Gasteiger partial charge >= 0.3 is 0 Å². The Kier molecular flexibility index (Phi) is 4.65. The minimum atomic E-state index is -0.0682. The number of hydrogen-bond donors (Lipinski definition) is 0. The Hall–Kier alpha value is -2.95. The molecule has 0 bridgehead atoms. The molecule has 0 N–H and O–H groups in total. The zero-order valence-corrected chi connectivity index (χ0v) is 14.7. The highest BCUT2D eigenvalue weighted by atomic mass is 16.5. The number of carbonyl (C=O) groups is 1. The minimum Gasteiger partial charge on any atom is -0.335 e. The van der Waals surface area contributed by atoms with Crippen molar-refractivity contribution in [3.63, 3.8) is 0 Å². The fourth-order valence-electron chi connectivity index (χ4n) is 2.84. The van der Waals surface area contributed by atoms with E-state index in [0.29, 0.717) is 41.1 Å². The first-order valence-electron chi connectivity index (χ1n) is 8.27. The maximum absolute atomic E-state index is 13.1. The summed E-state index contributed by atoms with van der Waals surface area (Å²) in [6.45, 7) is 10.7. The van der Waals surface area contributed by atoms with E-state index in [0.717, 1.165) is 11.1 Å². The predicted molar refractivity (Wildman–Crippen MR) is 98.4 cm³/mol. The Bertz CT molecular complexity index is 929. The summed E-state index contributed by atoms with van der Waals surface area (Å²) in [4.78, 5) is 19.4. The van der Waals surface area contributed by atoms with Crippen LogP contribution in [0.3, 0.4) is 0 Å². The molecular formula is C20H21N3O2. The van der Waals surface area contributed by atoms with E-state index < -0.39 is 0 Å². The largest absolute Gasteiger partial charge is 0.335 e. The molecule has 0 saturated carbocycles. The molecule has 25 heavy (non-hydrogen) atoms. The van der Waals surface area contributed by atoms with Crippen LogP contribution in [0.5, 0.6) is 0 Å². The van der Waals surface area contributed by atoms with Crippen LogP contribution >= 0.6 is 0 Å². The van der Waals surface area contributed by atoms with Crippen molar-refractivity contribution in [1.82, 2.24) is 15.0 Å². The summed E-state index contributed by atoms with van der Waals surface area (Å²) in [6, 6.07) is 11.6. The number of amides is 1. The number of hydrogen-bond acceptors (Lipinski definition) is 4. The van der Waals surface area contributed by atoms with Gasteiger partial charge in [-0.3, -0.25) is 4.79 Å². The highest BCUT2D eigenvalue weighted by Crippen LogP contribution is 2.28. The second kappa shape index (κ2) is 6.89. The second-order valence-corrected chi connectivity index (χ2v) is 6.15. The monoisotopic (exact) mass is 335 g/mol. The topological polar surface area (TPSA) is 59.2 Å². The van der Waals surface area contributed by atoms with E-state index in [2.05, 4.69) is 16.7 Å². The molecule has 5 nitrogen and oxygen atoms in total. The molecule has 1 amide bonds. The van der Waals surface area contributed by atoms with E-state index in [-0.39, 0.29) is 5.91 Å². The van der Waals surface area contributed by atoms with Gasteiger partial charge in [0.2, 0.25) is 0 Å². The lowest BCUT2D eigenvalue weighted by molar-refractivity contribution is 0.0780. The number of aryl methyl sites for hydroxylation is 1. The van der Waals surface area contributed by atoms with Crippen LogP contribution in [0.15, 0.2) is 53.1 Å². The SMILES string of the molecule is C=C(C)CN(CC)C(=O)c1cc(-c2ccccc2)nc2onc(C)c12. The number of aromatic nitrogens is 2. The smallest absolute Gasteiger partial charge is 0.259 e. The summed E-state index contributed by atoms with van der Waals surface area (Å²) in [5.41, 5.74) is 4.16. The van der Waals surface area contributed by atoms with Crippen LogP contribution in [0.2, 0.25) is 0 Å². The van der Waals surface area contributed by atoms with Crippen molar-refractivity contribution in [3.8, 4) is 11.3 Å². The summed E-state index contributed by atoms with van der Waals surface area (Å²) >= 11 is 0. The normalized spacial score (nSPS) is 10.8. The van der Waals surface area contributed by atoms with Gasteiger partial charge in [-0.1, -0.05) is 47.6 Å². The molecule has 3 rings (SSSR count). The van der Waals surface area contributed by atoms with Crippen LogP contribution in [0.25, 0.3) is 22.4 Å². The van der Waals surface area contributed by atoms with Crippen molar-refractivity contribution in [2.75, 3.05) is 13.1 Å². The van der Waals surface area contributed by atoms with Crippen molar-refractivity contribution in [2.45, 2.75) is 20.8 Å². The van der Waals surface area contributed by atoms with Crippen molar-refractivity contribution in [1.29, 1.82) is 0 Å². The number of carbonyl (C=O) groups excluding carboxylic acids is 1.